The monoisotopic (exact) mass is 447 g/mol. The van der Waals surface area contributed by atoms with Crippen LogP contribution in [-0.4, -0.2) is 16.8 Å². The standard InChI is InChI=1S/C24H22ClN5O2/c1-15-11-13-28-24(22(15)30-20(31)6-3-12-26)29-14-16-7-9-17(10-8-16)18-4-2-5-19(25)21(18)23(27)32/h2,4-5,7-11,13H,3,6,14H2,1H3,(H2,27,32)(H,28,29)(H,30,31). The van der Waals surface area contributed by atoms with Crippen LogP contribution in [0.4, 0.5) is 11.5 Å². The molecular weight excluding hydrogens is 426 g/mol. The first-order chi connectivity index (χ1) is 15.4. The smallest absolute Gasteiger partial charge is 0.250 e. The molecule has 0 bridgehead atoms. The minimum absolute atomic E-state index is 0.128. The lowest BCUT2D eigenvalue weighted by atomic mass is 9.98. The third kappa shape index (κ3) is 5.42. The number of carbonyl (C=O) groups excluding carboxylic acids is 2. The lowest BCUT2D eigenvalue weighted by Gasteiger charge is -2.15. The molecule has 0 aliphatic carbocycles. The predicted molar refractivity (Wildman–Crippen MR) is 125 cm³/mol. The van der Waals surface area contributed by atoms with E-state index in [0.29, 0.717) is 34.2 Å². The van der Waals surface area contributed by atoms with E-state index >= 15 is 0 Å². The van der Waals surface area contributed by atoms with Crippen LogP contribution in [0.1, 0.15) is 34.3 Å². The Morgan fingerprint density at radius 1 is 1.16 bits per heavy atom. The highest BCUT2D eigenvalue weighted by Crippen LogP contribution is 2.29. The maximum absolute atomic E-state index is 12.1. The lowest BCUT2D eigenvalue weighted by Crippen LogP contribution is -2.15. The molecule has 2 aromatic carbocycles. The van der Waals surface area contributed by atoms with Crippen molar-refractivity contribution in [1.29, 1.82) is 5.26 Å². The van der Waals surface area contributed by atoms with Gasteiger partial charge >= 0.3 is 0 Å². The van der Waals surface area contributed by atoms with Crippen molar-refractivity contribution < 1.29 is 9.59 Å². The zero-order valence-corrected chi connectivity index (χ0v) is 18.2. The third-order valence-corrected chi connectivity index (χ3v) is 5.19. The SMILES string of the molecule is Cc1ccnc(NCc2ccc(-c3cccc(Cl)c3C(N)=O)cc2)c1NC(=O)CCC#N. The highest BCUT2D eigenvalue weighted by Gasteiger charge is 2.14. The topological polar surface area (TPSA) is 121 Å². The number of pyridine rings is 1. The number of rotatable bonds is 8. The first-order valence-corrected chi connectivity index (χ1v) is 10.3. The number of amides is 2. The van der Waals surface area contributed by atoms with Gasteiger partial charge in [-0.1, -0.05) is 48.0 Å². The van der Waals surface area contributed by atoms with Crippen LogP contribution in [0.2, 0.25) is 5.02 Å². The Bertz CT molecular complexity index is 1190. The number of primary amides is 1. The Hall–Kier alpha value is -3.89. The van der Waals surface area contributed by atoms with E-state index in [4.69, 9.17) is 22.6 Å². The molecule has 4 N–H and O–H groups in total. The number of carbonyl (C=O) groups is 2. The van der Waals surface area contributed by atoms with Crippen molar-refractivity contribution in [2.24, 2.45) is 5.73 Å². The molecule has 8 heteroatoms. The minimum atomic E-state index is -0.578. The summed E-state index contributed by atoms with van der Waals surface area (Å²) in [7, 11) is 0. The molecule has 0 saturated heterocycles. The van der Waals surface area contributed by atoms with E-state index in [1.54, 1.807) is 30.5 Å². The predicted octanol–water partition coefficient (Wildman–Crippen LogP) is 4.66. The van der Waals surface area contributed by atoms with Crippen LogP contribution in [0.3, 0.4) is 0 Å². The number of aryl methyl sites for hydroxylation is 1. The number of nitrogens with zero attached hydrogens (tertiary/aromatic N) is 2. The van der Waals surface area contributed by atoms with Gasteiger partial charge in [0.25, 0.3) is 5.91 Å². The van der Waals surface area contributed by atoms with Crippen molar-refractivity contribution in [3.8, 4) is 17.2 Å². The number of hydrogen-bond acceptors (Lipinski definition) is 5. The number of anilines is 2. The Morgan fingerprint density at radius 3 is 2.59 bits per heavy atom. The maximum Gasteiger partial charge on any atom is 0.250 e. The molecule has 0 spiro atoms. The van der Waals surface area contributed by atoms with Crippen LogP contribution in [0.25, 0.3) is 11.1 Å². The van der Waals surface area contributed by atoms with Crippen LogP contribution < -0.4 is 16.4 Å². The zero-order valence-electron chi connectivity index (χ0n) is 17.5. The van der Waals surface area contributed by atoms with Crippen LogP contribution in [0.15, 0.2) is 54.7 Å². The second kappa shape index (κ2) is 10.4. The van der Waals surface area contributed by atoms with E-state index in [1.807, 2.05) is 37.3 Å². The van der Waals surface area contributed by atoms with Crippen LogP contribution in [0.5, 0.6) is 0 Å². The van der Waals surface area contributed by atoms with Gasteiger partial charge in [0.1, 0.15) is 5.82 Å². The number of aromatic nitrogens is 1. The summed E-state index contributed by atoms with van der Waals surface area (Å²) >= 11 is 6.15. The molecule has 0 unspecified atom stereocenters. The molecule has 1 aromatic heterocycles. The average molecular weight is 448 g/mol. The van der Waals surface area contributed by atoms with E-state index in [0.717, 1.165) is 16.7 Å². The van der Waals surface area contributed by atoms with Crippen molar-refractivity contribution in [3.05, 3.63) is 76.4 Å². The van der Waals surface area contributed by atoms with E-state index < -0.39 is 5.91 Å². The first kappa shape index (κ1) is 22.8. The highest BCUT2D eigenvalue weighted by molar-refractivity contribution is 6.34. The number of nitriles is 1. The largest absolute Gasteiger partial charge is 0.366 e. The minimum Gasteiger partial charge on any atom is -0.366 e. The van der Waals surface area contributed by atoms with Gasteiger partial charge in [0.2, 0.25) is 5.91 Å². The second-order valence-corrected chi connectivity index (χ2v) is 7.54. The van der Waals surface area contributed by atoms with Crippen molar-refractivity contribution in [1.82, 2.24) is 4.98 Å². The molecule has 7 nitrogen and oxygen atoms in total. The molecule has 32 heavy (non-hydrogen) atoms. The number of hydrogen-bond donors (Lipinski definition) is 3. The van der Waals surface area contributed by atoms with Gasteiger partial charge in [0.05, 0.1) is 22.3 Å². The van der Waals surface area contributed by atoms with Gasteiger partial charge < -0.3 is 16.4 Å². The molecule has 0 aliphatic rings. The van der Waals surface area contributed by atoms with E-state index in [-0.39, 0.29) is 18.7 Å². The Labute approximate surface area is 191 Å². The third-order valence-electron chi connectivity index (χ3n) is 4.87. The molecule has 3 rings (SSSR count). The van der Waals surface area contributed by atoms with E-state index in [2.05, 4.69) is 15.6 Å². The molecule has 162 valence electrons. The molecule has 1 heterocycles. The van der Waals surface area contributed by atoms with Crippen molar-refractivity contribution in [3.63, 3.8) is 0 Å². The molecule has 0 fully saturated rings. The fourth-order valence-corrected chi connectivity index (χ4v) is 3.49. The van der Waals surface area contributed by atoms with E-state index in [1.165, 1.54) is 0 Å². The zero-order chi connectivity index (χ0) is 23.1. The maximum atomic E-state index is 12.1. The van der Waals surface area contributed by atoms with Crippen molar-refractivity contribution >= 4 is 34.9 Å². The van der Waals surface area contributed by atoms with Gasteiger partial charge in [0.15, 0.2) is 0 Å². The lowest BCUT2D eigenvalue weighted by molar-refractivity contribution is -0.116. The summed E-state index contributed by atoms with van der Waals surface area (Å²) in [5, 5.41) is 15.1. The van der Waals surface area contributed by atoms with Gasteiger partial charge in [-0.05, 0) is 41.3 Å². The van der Waals surface area contributed by atoms with Crippen LogP contribution >= 0.6 is 11.6 Å². The van der Waals surface area contributed by atoms with Crippen molar-refractivity contribution in [2.75, 3.05) is 10.6 Å². The fourth-order valence-electron chi connectivity index (χ4n) is 3.22. The van der Waals surface area contributed by atoms with Gasteiger partial charge in [-0.15, -0.1) is 0 Å². The van der Waals surface area contributed by atoms with E-state index in [9.17, 15) is 9.59 Å². The normalized spacial score (nSPS) is 10.3. The summed E-state index contributed by atoms with van der Waals surface area (Å²) in [6.07, 6.45) is 1.95. The van der Waals surface area contributed by atoms with Crippen LogP contribution in [-0.2, 0) is 11.3 Å². The number of benzene rings is 2. The number of nitrogens with two attached hydrogens (primary N) is 1. The van der Waals surface area contributed by atoms with Crippen LogP contribution in [0, 0.1) is 18.3 Å². The fraction of sp³-hybridized carbons (Fsp3) is 0.167. The Morgan fingerprint density at radius 2 is 1.91 bits per heavy atom. The summed E-state index contributed by atoms with van der Waals surface area (Å²) in [6.45, 7) is 2.35. The van der Waals surface area contributed by atoms with Gasteiger partial charge in [-0.2, -0.15) is 5.26 Å². The average Bonchev–Trinajstić information content (AvgIpc) is 2.78. The summed E-state index contributed by atoms with van der Waals surface area (Å²) < 4.78 is 0. The quantitative estimate of drug-likeness (QED) is 0.463. The molecule has 0 radical (unpaired) electrons. The molecule has 3 aromatic rings. The van der Waals surface area contributed by atoms with Gasteiger partial charge in [-0.25, -0.2) is 4.98 Å². The highest BCUT2D eigenvalue weighted by atomic mass is 35.5. The van der Waals surface area contributed by atoms with Gasteiger partial charge in [0, 0.05) is 25.6 Å². The molecular formula is C24H22ClN5O2. The summed E-state index contributed by atoms with van der Waals surface area (Å²) in [5.74, 6) is -0.265. The molecule has 0 saturated carbocycles. The molecule has 2 amide bonds. The Balaban J connectivity index is 1.75. The summed E-state index contributed by atoms with van der Waals surface area (Å²) in [5.41, 5.74) is 9.72. The molecule has 0 atom stereocenters. The first-order valence-electron chi connectivity index (χ1n) is 9.94. The molecule has 0 aliphatic heterocycles. The Kier molecular flexibility index (Phi) is 7.42. The number of nitrogens with one attached hydrogen (secondary N) is 2. The summed E-state index contributed by atoms with van der Waals surface area (Å²) in [6, 6.07) is 16.6. The van der Waals surface area contributed by atoms with Crippen molar-refractivity contribution in [2.45, 2.75) is 26.3 Å². The van der Waals surface area contributed by atoms with Gasteiger partial charge in [-0.3, -0.25) is 9.59 Å². The number of halogens is 1. The summed E-state index contributed by atoms with van der Waals surface area (Å²) in [4.78, 5) is 28.2. The second-order valence-electron chi connectivity index (χ2n) is 7.13.